The molecule has 1 heterocycles. The van der Waals surface area contributed by atoms with E-state index in [1.54, 1.807) is 42.4 Å². The molecule has 0 radical (unpaired) electrons. The van der Waals surface area contributed by atoms with Crippen LogP contribution < -0.4 is 10.1 Å². The number of fused-ring (bicyclic) bond motifs is 1. The number of hydrogen-bond donors (Lipinski definition) is 1. The Labute approximate surface area is 154 Å². The molecular formula is C19H18N2O2S2. The van der Waals surface area contributed by atoms with Crippen LogP contribution in [0.4, 0.5) is 0 Å². The van der Waals surface area contributed by atoms with Gasteiger partial charge in [-0.2, -0.15) is 0 Å². The van der Waals surface area contributed by atoms with Crippen LogP contribution in [0.5, 0.6) is 5.75 Å². The number of hydrogen-bond acceptors (Lipinski definition) is 5. The van der Waals surface area contributed by atoms with Crippen molar-refractivity contribution in [2.24, 2.45) is 0 Å². The number of carbonyl (C=O) groups excluding carboxylic acids is 1. The highest BCUT2D eigenvalue weighted by Gasteiger charge is 2.03. The van der Waals surface area contributed by atoms with Gasteiger partial charge in [-0.3, -0.25) is 4.79 Å². The fourth-order valence-corrected chi connectivity index (χ4v) is 4.16. The lowest BCUT2D eigenvalue weighted by Crippen LogP contribution is -2.23. The summed E-state index contributed by atoms with van der Waals surface area (Å²) in [5.41, 5.74) is 1.99. The smallest absolute Gasteiger partial charge is 0.244 e. The van der Waals surface area contributed by atoms with Gasteiger partial charge in [0.2, 0.25) is 5.91 Å². The second kappa shape index (κ2) is 8.69. The van der Waals surface area contributed by atoms with Gasteiger partial charge in [0.1, 0.15) is 5.75 Å². The minimum atomic E-state index is -0.0966. The summed E-state index contributed by atoms with van der Waals surface area (Å²) < 4.78 is 7.33. The zero-order valence-corrected chi connectivity index (χ0v) is 15.4. The molecule has 3 rings (SSSR count). The average Bonchev–Trinajstić information content (AvgIpc) is 3.07. The van der Waals surface area contributed by atoms with Gasteiger partial charge >= 0.3 is 0 Å². The molecular weight excluding hydrogens is 352 g/mol. The third-order valence-corrected chi connectivity index (χ3v) is 5.63. The van der Waals surface area contributed by atoms with Gasteiger partial charge in [-0.1, -0.05) is 36.0 Å². The second-order valence-corrected chi connectivity index (χ2v) is 7.57. The standard InChI is InChI=1S/C19H18N2O2S2/c1-23-15-9-6-14(7-10-15)8-11-18(22)20-12-13-24-19-21-16-4-2-3-5-17(16)25-19/h2-11H,12-13H2,1H3,(H,20,22)/b11-8+. The Hall–Kier alpha value is -2.31. The van der Waals surface area contributed by atoms with E-state index in [0.29, 0.717) is 6.54 Å². The summed E-state index contributed by atoms with van der Waals surface area (Å²) in [6, 6.07) is 15.6. The molecule has 0 fully saturated rings. The maximum absolute atomic E-state index is 11.8. The van der Waals surface area contributed by atoms with Crippen LogP contribution in [0.1, 0.15) is 5.56 Å². The number of methoxy groups -OCH3 is 1. The van der Waals surface area contributed by atoms with Gasteiger partial charge in [-0.05, 0) is 35.9 Å². The lowest BCUT2D eigenvalue weighted by molar-refractivity contribution is -0.116. The largest absolute Gasteiger partial charge is 0.497 e. The van der Waals surface area contributed by atoms with E-state index in [1.807, 2.05) is 42.5 Å². The van der Waals surface area contributed by atoms with E-state index in [0.717, 1.165) is 26.9 Å². The van der Waals surface area contributed by atoms with Crippen molar-refractivity contribution in [3.63, 3.8) is 0 Å². The lowest BCUT2D eigenvalue weighted by atomic mass is 10.2. The second-order valence-electron chi connectivity index (χ2n) is 5.19. The number of ether oxygens (including phenoxy) is 1. The number of thiazole rings is 1. The molecule has 0 aliphatic rings. The number of nitrogens with one attached hydrogen (secondary N) is 1. The molecule has 3 aromatic rings. The van der Waals surface area contributed by atoms with Gasteiger partial charge in [0, 0.05) is 18.4 Å². The number of rotatable bonds is 7. The highest BCUT2D eigenvalue weighted by molar-refractivity contribution is 8.01. The fraction of sp³-hybridized carbons (Fsp3) is 0.158. The predicted octanol–water partition coefficient (Wildman–Crippen LogP) is 4.23. The van der Waals surface area contributed by atoms with Crippen molar-refractivity contribution >= 4 is 45.3 Å². The monoisotopic (exact) mass is 370 g/mol. The number of benzene rings is 2. The van der Waals surface area contributed by atoms with Gasteiger partial charge in [-0.25, -0.2) is 4.98 Å². The van der Waals surface area contributed by atoms with E-state index in [-0.39, 0.29) is 5.91 Å². The van der Waals surface area contributed by atoms with Crippen molar-refractivity contribution < 1.29 is 9.53 Å². The molecule has 0 unspecified atom stereocenters. The lowest BCUT2D eigenvalue weighted by Gasteiger charge is -2.01. The molecule has 1 amide bonds. The molecule has 6 heteroatoms. The predicted molar refractivity (Wildman–Crippen MR) is 105 cm³/mol. The third-order valence-electron chi connectivity index (χ3n) is 3.44. The quantitative estimate of drug-likeness (QED) is 0.384. The summed E-state index contributed by atoms with van der Waals surface area (Å²) in [4.78, 5) is 16.4. The van der Waals surface area contributed by atoms with Crippen molar-refractivity contribution in [3.05, 3.63) is 60.2 Å². The number of carbonyl (C=O) groups is 1. The van der Waals surface area contributed by atoms with E-state index >= 15 is 0 Å². The molecule has 0 spiro atoms. The fourth-order valence-electron chi connectivity index (χ4n) is 2.17. The number of thioether (sulfide) groups is 1. The topological polar surface area (TPSA) is 51.2 Å². The van der Waals surface area contributed by atoms with E-state index < -0.39 is 0 Å². The van der Waals surface area contributed by atoms with Gasteiger partial charge in [0.05, 0.1) is 17.3 Å². The number of amides is 1. The number of nitrogens with zero attached hydrogens (tertiary/aromatic N) is 1. The summed E-state index contributed by atoms with van der Waals surface area (Å²) in [7, 11) is 1.63. The van der Waals surface area contributed by atoms with Crippen molar-refractivity contribution in [2.75, 3.05) is 19.4 Å². The van der Waals surface area contributed by atoms with Crippen molar-refractivity contribution in [3.8, 4) is 5.75 Å². The summed E-state index contributed by atoms with van der Waals surface area (Å²) in [5.74, 6) is 1.50. The van der Waals surface area contributed by atoms with Crippen LogP contribution in [0, 0.1) is 0 Å². The molecule has 1 N–H and O–H groups in total. The van der Waals surface area contributed by atoms with E-state index in [1.165, 1.54) is 4.70 Å². The minimum absolute atomic E-state index is 0.0966. The summed E-state index contributed by atoms with van der Waals surface area (Å²) in [6.07, 6.45) is 3.33. The van der Waals surface area contributed by atoms with Crippen LogP contribution in [0.3, 0.4) is 0 Å². The Morgan fingerprint density at radius 3 is 2.80 bits per heavy atom. The Morgan fingerprint density at radius 1 is 1.24 bits per heavy atom. The zero-order chi connectivity index (χ0) is 17.5. The SMILES string of the molecule is COc1ccc(/C=C/C(=O)NCCSc2nc3ccccc3s2)cc1. The Morgan fingerprint density at radius 2 is 2.04 bits per heavy atom. The van der Waals surface area contributed by atoms with Crippen LogP contribution in [0.15, 0.2) is 58.9 Å². The van der Waals surface area contributed by atoms with E-state index in [4.69, 9.17) is 4.74 Å². The van der Waals surface area contributed by atoms with Crippen LogP contribution in [0.2, 0.25) is 0 Å². The van der Waals surface area contributed by atoms with Crippen LogP contribution in [0.25, 0.3) is 16.3 Å². The van der Waals surface area contributed by atoms with Crippen LogP contribution in [-0.4, -0.2) is 30.3 Å². The first-order valence-corrected chi connectivity index (χ1v) is 9.63. The highest BCUT2D eigenvalue weighted by atomic mass is 32.2. The highest BCUT2D eigenvalue weighted by Crippen LogP contribution is 2.28. The van der Waals surface area contributed by atoms with Crippen molar-refractivity contribution in [2.45, 2.75) is 4.34 Å². The van der Waals surface area contributed by atoms with E-state index in [9.17, 15) is 4.79 Å². The first kappa shape index (κ1) is 17.5. The molecule has 0 aliphatic heterocycles. The Bertz CT molecular complexity index is 840. The number of aromatic nitrogens is 1. The maximum Gasteiger partial charge on any atom is 0.244 e. The summed E-state index contributed by atoms with van der Waals surface area (Å²) >= 11 is 3.34. The van der Waals surface area contributed by atoms with Crippen LogP contribution >= 0.6 is 23.1 Å². The Kier molecular flexibility index (Phi) is 6.09. The summed E-state index contributed by atoms with van der Waals surface area (Å²) in [6.45, 7) is 0.604. The molecule has 2 aromatic carbocycles. The van der Waals surface area contributed by atoms with E-state index in [2.05, 4.69) is 16.4 Å². The molecule has 0 saturated heterocycles. The first-order valence-electron chi connectivity index (χ1n) is 7.83. The Balaban J connectivity index is 1.42. The molecule has 4 nitrogen and oxygen atoms in total. The zero-order valence-electron chi connectivity index (χ0n) is 13.8. The molecule has 0 bridgehead atoms. The summed E-state index contributed by atoms with van der Waals surface area (Å²) in [5, 5.41) is 2.89. The molecule has 25 heavy (non-hydrogen) atoms. The van der Waals surface area contributed by atoms with Gasteiger partial charge in [0.15, 0.2) is 4.34 Å². The molecule has 0 atom stereocenters. The van der Waals surface area contributed by atoms with Gasteiger partial charge in [-0.15, -0.1) is 11.3 Å². The maximum atomic E-state index is 11.8. The molecule has 0 saturated carbocycles. The number of para-hydroxylation sites is 1. The molecule has 0 aliphatic carbocycles. The van der Waals surface area contributed by atoms with Crippen molar-refractivity contribution in [1.82, 2.24) is 10.3 Å². The minimum Gasteiger partial charge on any atom is -0.497 e. The van der Waals surface area contributed by atoms with Crippen molar-refractivity contribution in [1.29, 1.82) is 0 Å². The normalized spacial score (nSPS) is 11.1. The first-order chi connectivity index (χ1) is 12.2. The molecule has 128 valence electrons. The molecule has 1 aromatic heterocycles. The third kappa shape index (κ3) is 5.08. The van der Waals surface area contributed by atoms with Gasteiger partial charge < -0.3 is 10.1 Å². The van der Waals surface area contributed by atoms with Gasteiger partial charge in [0.25, 0.3) is 0 Å². The average molecular weight is 370 g/mol. The van der Waals surface area contributed by atoms with Crippen LogP contribution in [-0.2, 0) is 4.79 Å².